The number of aromatic nitrogens is 2. The van der Waals surface area contributed by atoms with Crippen LogP contribution >= 0.6 is 0 Å². The van der Waals surface area contributed by atoms with Crippen molar-refractivity contribution < 1.29 is 8.42 Å². The summed E-state index contributed by atoms with van der Waals surface area (Å²) in [5.41, 5.74) is 0.980. The van der Waals surface area contributed by atoms with Crippen LogP contribution in [0, 0.1) is 0 Å². The SMILES string of the molecule is CC(C)(C)n1cc(CNCCS(N)(=O)=O)cn1. The van der Waals surface area contributed by atoms with E-state index in [4.69, 9.17) is 5.14 Å². The Bertz CT molecular complexity index is 459. The Labute approximate surface area is 102 Å². The molecule has 0 fully saturated rings. The summed E-state index contributed by atoms with van der Waals surface area (Å²) in [5.74, 6) is -0.0552. The number of hydrogen-bond acceptors (Lipinski definition) is 4. The van der Waals surface area contributed by atoms with E-state index in [0.29, 0.717) is 13.1 Å². The second-order valence-electron chi connectivity index (χ2n) is 5.01. The maximum Gasteiger partial charge on any atom is 0.210 e. The Morgan fingerprint density at radius 2 is 2.12 bits per heavy atom. The molecule has 1 aromatic heterocycles. The Balaban J connectivity index is 2.41. The Morgan fingerprint density at radius 3 is 2.59 bits per heavy atom. The molecule has 0 spiro atoms. The van der Waals surface area contributed by atoms with Crippen molar-refractivity contribution in [3.63, 3.8) is 0 Å². The minimum Gasteiger partial charge on any atom is -0.311 e. The molecular formula is C10H20N4O2S. The first kappa shape index (κ1) is 14.1. The Morgan fingerprint density at radius 1 is 1.47 bits per heavy atom. The van der Waals surface area contributed by atoms with Gasteiger partial charge >= 0.3 is 0 Å². The highest BCUT2D eigenvalue weighted by atomic mass is 32.2. The van der Waals surface area contributed by atoms with Crippen LogP contribution in [0.3, 0.4) is 0 Å². The molecule has 0 atom stereocenters. The molecule has 17 heavy (non-hydrogen) atoms. The molecule has 7 heteroatoms. The van der Waals surface area contributed by atoms with Gasteiger partial charge < -0.3 is 5.32 Å². The highest BCUT2D eigenvalue weighted by Crippen LogP contribution is 2.12. The molecule has 0 saturated carbocycles. The van der Waals surface area contributed by atoms with Crippen LogP contribution < -0.4 is 10.5 Å². The zero-order chi connectivity index (χ0) is 13.1. The van der Waals surface area contributed by atoms with E-state index >= 15 is 0 Å². The summed E-state index contributed by atoms with van der Waals surface area (Å²) in [4.78, 5) is 0. The molecule has 0 aliphatic heterocycles. The third-order valence-corrected chi connectivity index (χ3v) is 2.99. The number of nitrogens with two attached hydrogens (primary N) is 1. The van der Waals surface area contributed by atoms with E-state index in [2.05, 4.69) is 31.2 Å². The number of sulfonamides is 1. The van der Waals surface area contributed by atoms with Crippen molar-refractivity contribution >= 4 is 10.0 Å². The second kappa shape index (κ2) is 5.16. The third kappa shape index (κ3) is 5.29. The first-order chi connectivity index (χ1) is 7.68. The monoisotopic (exact) mass is 260 g/mol. The van der Waals surface area contributed by atoms with Crippen molar-refractivity contribution in [3.05, 3.63) is 18.0 Å². The van der Waals surface area contributed by atoms with Gasteiger partial charge in [-0.2, -0.15) is 5.10 Å². The van der Waals surface area contributed by atoms with Gasteiger partial charge in [0.15, 0.2) is 0 Å². The van der Waals surface area contributed by atoms with Gasteiger partial charge in [-0.25, -0.2) is 13.6 Å². The molecule has 0 unspecified atom stereocenters. The standard InChI is InChI=1S/C10H20N4O2S/c1-10(2,3)14-8-9(7-13-14)6-12-4-5-17(11,15)16/h7-8,12H,4-6H2,1-3H3,(H2,11,15,16). The van der Waals surface area contributed by atoms with E-state index in [1.165, 1.54) is 0 Å². The molecule has 0 amide bonds. The molecule has 1 heterocycles. The van der Waals surface area contributed by atoms with Gasteiger partial charge in [-0.3, -0.25) is 4.68 Å². The lowest BCUT2D eigenvalue weighted by atomic mass is 10.1. The van der Waals surface area contributed by atoms with Gasteiger partial charge in [-0.1, -0.05) is 0 Å². The van der Waals surface area contributed by atoms with Crippen LogP contribution in [0.1, 0.15) is 26.3 Å². The van der Waals surface area contributed by atoms with E-state index in [-0.39, 0.29) is 11.3 Å². The third-order valence-electron chi connectivity index (χ3n) is 2.22. The molecule has 0 aliphatic rings. The molecular weight excluding hydrogens is 240 g/mol. The fraction of sp³-hybridized carbons (Fsp3) is 0.700. The van der Waals surface area contributed by atoms with Crippen molar-refractivity contribution in [2.45, 2.75) is 32.9 Å². The first-order valence-electron chi connectivity index (χ1n) is 5.44. The molecule has 0 bridgehead atoms. The van der Waals surface area contributed by atoms with Crippen molar-refractivity contribution in [1.82, 2.24) is 15.1 Å². The first-order valence-corrected chi connectivity index (χ1v) is 7.15. The average molecular weight is 260 g/mol. The van der Waals surface area contributed by atoms with Gasteiger partial charge in [0.05, 0.1) is 17.5 Å². The summed E-state index contributed by atoms with van der Waals surface area (Å²) in [6.45, 7) is 7.14. The van der Waals surface area contributed by atoms with Crippen molar-refractivity contribution in [2.24, 2.45) is 5.14 Å². The highest BCUT2D eigenvalue weighted by molar-refractivity contribution is 7.89. The van der Waals surface area contributed by atoms with E-state index in [1.54, 1.807) is 6.20 Å². The number of rotatable bonds is 5. The largest absolute Gasteiger partial charge is 0.311 e. The fourth-order valence-electron chi connectivity index (χ4n) is 1.27. The quantitative estimate of drug-likeness (QED) is 0.730. The highest BCUT2D eigenvalue weighted by Gasteiger charge is 2.13. The Hall–Kier alpha value is -0.920. The summed E-state index contributed by atoms with van der Waals surface area (Å²) in [5, 5.41) is 12.2. The zero-order valence-electron chi connectivity index (χ0n) is 10.5. The van der Waals surface area contributed by atoms with Crippen LogP contribution in [0.15, 0.2) is 12.4 Å². The summed E-state index contributed by atoms with van der Waals surface area (Å²) in [7, 11) is -3.38. The lowest BCUT2D eigenvalue weighted by Gasteiger charge is -2.18. The van der Waals surface area contributed by atoms with E-state index in [1.807, 2.05) is 10.9 Å². The van der Waals surface area contributed by atoms with Crippen LogP contribution in [-0.4, -0.2) is 30.5 Å². The predicted molar refractivity (Wildman–Crippen MR) is 66.9 cm³/mol. The molecule has 6 nitrogen and oxygen atoms in total. The summed E-state index contributed by atoms with van der Waals surface area (Å²) < 4.78 is 23.3. The van der Waals surface area contributed by atoms with E-state index < -0.39 is 10.0 Å². The van der Waals surface area contributed by atoms with Gasteiger partial charge in [-0.15, -0.1) is 0 Å². The molecule has 1 aromatic rings. The molecule has 0 aromatic carbocycles. The minimum atomic E-state index is -3.38. The summed E-state index contributed by atoms with van der Waals surface area (Å²) in [6, 6.07) is 0. The van der Waals surface area contributed by atoms with Crippen molar-refractivity contribution in [1.29, 1.82) is 0 Å². The molecule has 3 N–H and O–H groups in total. The summed E-state index contributed by atoms with van der Waals surface area (Å²) in [6.07, 6.45) is 3.72. The lowest BCUT2D eigenvalue weighted by molar-refractivity contribution is 0.355. The van der Waals surface area contributed by atoms with Crippen LogP contribution in [0.4, 0.5) is 0 Å². The van der Waals surface area contributed by atoms with Gasteiger partial charge in [-0.05, 0) is 20.8 Å². The maximum atomic E-state index is 10.7. The molecule has 0 saturated heterocycles. The fourth-order valence-corrected chi connectivity index (χ4v) is 1.69. The molecule has 1 rings (SSSR count). The zero-order valence-corrected chi connectivity index (χ0v) is 11.3. The maximum absolute atomic E-state index is 10.7. The van der Waals surface area contributed by atoms with Gasteiger partial charge in [0, 0.05) is 24.8 Å². The number of nitrogens with zero attached hydrogens (tertiary/aromatic N) is 2. The second-order valence-corrected chi connectivity index (χ2v) is 6.74. The predicted octanol–water partition coefficient (Wildman–Crippen LogP) is 0.0162. The summed E-state index contributed by atoms with van der Waals surface area (Å²) >= 11 is 0. The van der Waals surface area contributed by atoms with Gasteiger partial charge in [0.2, 0.25) is 10.0 Å². The molecule has 98 valence electrons. The minimum absolute atomic E-state index is 0.0428. The van der Waals surface area contributed by atoms with Crippen LogP contribution in [0.5, 0.6) is 0 Å². The number of hydrogen-bond donors (Lipinski definition) is 2. The molecule has 0 aliphatic carbocycles. The lowest BCUT2D eigenvalue weighted by Crippen LogP contribution is -2.26. The van der Waals surface area contributed by atoms with Gasteiger partial charge in [0.1, 0.15) is 0 Å². The number of nitrogens with one attached hydrogen (secondary N) is 1. The Kier molecular flexibility index (Phi) is 4.29. The van der Waals surface area contributed by atoms with Crippen LogP contribution in [-0.2, 0) is 22.1 Å². The van der Waals surface area contributed by atoms with Crippen molar-refractivity contribution in [2.75, 3.05) is 12.3 Å². The average Bonchev–Trinajstić information content (AvgIpc) is 2.58. The molecule has 0 radical (unpaired) electrons. The van der Waals surface area contributed by atoms with Crippen LogP contribution in [0.25, 0.3) is 0 Å². The van der Waals surface area contributed by atoms with E-state index in [9.17, 15) is 8.42 Å². The topological polar surface area (TPSA) is 90.0 Å². The van der Waals surface area contributed by atoms with Crippen molar-refractivity contribution in [3.8, 4) is 0 Å². The van der Waals surface area contributed by atoms with E-state index in [0.717, 1.165) is 5.56 Å². The number of primary sulfonamides is 1. The normalized spacial score (nSPS) is 12.9. The smallest absolute Gasteiger partial charge is 0.210 e. The van der Waals surface area contributed by atoms with Gasteiger partial charge in [0.25, 0.3) is 0 Å². The van der Waals surface area contributed by atoms with Crippen LogP contribution in [0.2, 0.25) is 0 Å².